The highest BCUT2D eigenvalue weighted by Gasteiger charge is 2.33. The molecule has 7 nitrogen and oxygen atoms in total. The molecular weight excluding hydrogens is 222 g/mol. The number of imide groups is 1. The number of carbonyl (C=O) groups excluding carboxylic acids is 2. The molecule has 0 aromatic heterocycles. The first kappa shape index (κ1) is 12.3. The van der Waals surface area contributed by atoms with E-state index in [4.69, 9.17) is 5.73 Å². The molecule has 3 amide bonds. The predicted molar refractivity (Wildman–Crippen MR) is 62.4 cm³/mol. The minimum absolute atomic E-state index is 0.255. The number of piperazine rings is 1. The highest BCUT2D eigenvalue weighted by atomic mass is 16.2. The van der Waals surface area contributed by atoms with Crippen molar-refractivity contribution in [2.75, 3.05) is 45.8 Å². The average molecular weight is 241 g/mol. The second kappa shape index (κ2) is 5.44. The zero-order valence-corrected chi connectivity index (χ0v) is 9.82. The lowest BCUT2D eigenvalue weighted by Gasteiger charge is -2.46. The molecule has 0 unspecified atom stereocenters. The van der Waals surface area contributed by atoms with Crippen LogP contribution in [0.4, 0.5) is 4.79 Å². The molecule has 0 saturated carbocycles. The molecule has 0 aromatic carbocycles. The monoisotopic (exact) mass is 241 g/mol. The smallest absolute Gasteiger partial charge is 0.318 e. The number of rotatable bonds is 3. The summed E-state index contributed by atoms with van der Waals surface area (Å²) in [6, 6.07) is -0.229. The van der Waals surface area contributed by atoms with Gasteiger partial charge in [-0.05, 0) is 0 Å². The summed E-state index contributed by atoms with van der Waals surface area (Å²) in [5.41, 5.74) is 4.87. The Morgan fingerprint density at radius 2 is 1.94 bits per heavy atom. The van der Waals surface area contributed by atoms with E-state index in [0.717, 1.165) is 39.3 Å². The summed E-state index contributed by atoms with van der Waals surface area (Å²) < 4.78 is 0. The molecule has 0 atom stereocenters. The van der Waals surface area contributed by atoms with Gasteiger partial charge in [-0.2, -0.15) is 0 Å². The summed E-state index contributed by atoms with van der Waals surface area (Å²) in [6.07, 6.45) is 0. The van der Waals surface area contributed by atoms with Crippen molar-refractivity contribution in [2.45, 2.75) is 6.04 Å². The Morgan fingerprint density at radius 1 is 1.29 bits per heavy atom. The Bertz CT molecular complexity index is 297. The molecule has 0 radical (unpaired) electrons. The number of urea groups is 1. The van der Waals surface area contributed by atoms with E-state index >= 15 is 0 Å². The van der Waals surface area contributed by atoms with Crippen molar-refractivity contribution < 1.29 is 9.59 Å². The van der Waals surface area contributed by atoms with Crippen molar-refractivity contribution >= 4 is 11.9 Å². The first-order chi connectivity index (χ1) is 8.15. The number of carbonyl (C=O) groups is 2. The molecule has 4 N–H and O–H groups in total. The molecular formula is C10H19N5O2. The van der Waals surface area contributed by atoms with E-state index in [9.17, 15) is 9.59 Å². The Hall–Kier alpha value is -1.18. The maximum absolute atomic E-state index is 11.3. The summed E-state index contributed by atoms with van der Waals surface area (Å²) in [6.45, 7) is 6.28. The first-order valence-electron chi connectivity index (χ1n) is 5.91. The van der Waals surface area contributed by atoms with Gasteiger partial charge in [0.1, 0.15) is 0 Å². The minimum atomic E-state index is -0.783. The van der Waals surface area contributed by atoms with Crippen molar-refractivity contribution in [2.24, 2.45) is 5.73 Å². The van der Waals surface area contributed by atoms with Gasteiger partial charge in [-0.15, -0.1) is 0 Å². The van der Waals surface area contributed by atoms with Crippen LogP contribution in [-0.2, 0) is 4.79 Å². The molecule has 2 aliphatic heterocycles. The summed E-state index contributed by atoms with van der Waals surface area (Å²) >= 11 is 0. The van der Waals surface area contributed by atoms with Gasteiger partial charge < -0.3 is 11.1 Å². The third kappa shape index (κ3) is 3.39. The maximum Gasteiger partial charge on any atom is 0.318 e. The van der Waals surface area contributed by atoms with Crippen molar-refractivity contribution in [3.63, 3.8) is 0 Å². The molecule has 2 rings (SSSR count). The highest BCUT2D eigenvalue weighted by Crippen LogP contribution is 2.14. The number of nitrogens with two attached hydrogens (primary N) is 1. The molecule has 17 heavy (non-hydrogen) atoms. The molecule has 2 saturated heterocycles. The van der Waals surface area contributed by atoms with Crippen LogP contribution in [0.5, 0.6) is 0 Å². The topological polar surface area (TPSA) is 90.7 Å². The average Bonchev–Trinajstić information content (AvgIpc) is 2.23. The van der Waals surface area contributed by atoms with Crippen molar-refractivity contribution in [3.05, 3.63) is 0 Å². The van der Waals surface area contributed by atoms with E-state index in [-0.39, 0.29) is 12.5 Å². The van der Waals surface area contributed by atoms with Gasteiger partial charge in [-0.1, -0.05) is 0 Å². The maximum atomic E-state index is 11.3. The zero-order valence-electron chi connectivity index (χ0n) is 9.82. The van der Waals surface area contributed by atoms with Gasteiger partial charge >= 0.3 is 6.03 Å². The van der Waals surface area contributed by atoms with Crippen LogP contribution in [0.25, 0.3) is 0 Å². The number of amides is 3. The summed E-state index contributed by atoms with van der Waals surface area (Å²) in [7, 11) is 0. The first-order valence-corrected chi connectivity index (χ1v) is 5.91. The van der Waals surface area contributed by atoms with E-state index in [2.05, 4.69) is 15.5 Å². The second-order valence-corrected chi connectivity index (χ2v) is 4.55. The van der Waals surface area contributed by atoms with Gasteiger partial charge in [0, 0.05) is 45.3 Å². The molecule has 0 aliphatic carbocycles. The quantitative estimate of drug-likeness (QED) is 0.520. The normalized spacial score (nSPS) is 23.1. The van der Waals surface area contributed by atoms with E-state index in [1.54, 1.807) is 0 Å². The molecule has 2 aliphatic rings. The predicted octanol–water partition coefficient (Wildman–Crippen LogP) is -2.23. The molecule has 0 bridgehead atoms. The van der Waals surface area contributed by atoms with Crippen molar-refractivity contribution in [1.29, 1.82) is 0 Å². The lowest BCUT2D eigenvalue weighted by atomic mass is 10.1. The molecule has 0 aromatic rings. The number of nitrogens with zero attached hydrogens (tertiary/aromatic N) is 2. The number of likely N-dealkylation sites (tertiary alicyclic amines) is 1. The lowest BCUT2D eigenvalue weighted by Crippen LogP contribution is -2.64. The number of primary amides is 1. The summed E-state index contributed by atoms with van der Waals surface area (Å²) in [5.74, 6) is -0.323. The fourth-order valence-electron chi connectivity index (χ4n) is 2.33. The number of hydrogen-bond donors (Lipinski definition) is 3. The van der Waals surface area contributed by atoms with E-state index in [0.29, 0.717) is 6.04 Å². The van der Waals surface area contributed by atoms with Gasteiger partial charge in [0.25, 0.3) is 0 Å². The van der Waals surface area contributed by atoms with Crippen LogP contribution in [-0.4, -0.2) is 73.6 Å². The number of nitrogens with one attached hydrogen (secondary N) is 2. The lowest BCUT2D eigenvalue weighted by molar-refractivity contribution is -0.123. The van der Waals surface area contributed by atoms with Crippen LogP contribution in [0.15, 0.2) is 0 Å². The standard InChI is InChI=1S/C10H19N5O2/c11-10(17)13-9(16)7-14-5-8(6-14)15-3-1-12-2-4-15/h8,12H,1-7H2,(H3,11,13,16,17). The Balaban J connectivity index is 1.64. The van der Waals surface area contributed by atoms with Crippen LogP contribution in [0.2, 0.25) is 0 Å². The van der Waals surface area contributed by atoms with Gasteiger partial charge in [0.05, 0.1) is 6.54 Å². The third-order valence-electron chi connectivity index (χ3n) is 3.24. The SMILES string of the molecule is NC(=O)NC(=O)CN1CC(N2CCNCC2)C1. The van der Waals surface area contributed by atoms with Crippen LogP contribution < -0.4 is 16.4 Å². The third-order valence-corrected chi connectivity index (χ3v) is 3.24. The van der Waals surface area contributed by atoms with Crippen molar-refractivity contribution in [1.82, 2.24) is 20.4 Å². The van der Waals surface area contributed by atoms with Gasteiger partial charge in [0.2, 0.25) is 5.91 Å². The van der Waals surface area contributed by atoms with E-state index in [1.165, 1.54) is 0 Å². The van der Waals surface area contributed by atoms with Gasteiger partial charge in [-0.3, -0.25) is 19.9 Å². The summed E-state index contributed by atoms with van der Waals surface area (Å²) in [4.78, 5) is 26.2. The van der Waals surface area contributed by atoms with Crippen LogP contribution >= 0.6 is 0 Å². The molecule has 7 heteroatoms. The largest absolute Gasteiger partial charge is 0.351 e. The molecule has 96 valence electrons. The molecule has 2 fully saturated rings. The minimum Gasteiger partial charge on any atom is -0.351 e. The fourth-order valence-corrected chi connectivity index (χ4v) is 2.33. The Morgan fingerprint density at radius 3 is 2.53 bits per heavy atom. The zero-order chi connectivity index (χ0) is 12.3. The van der Waals surface area contributed by atoms with E-state index < -0.39 is 6.03 Å². The fraction of sp³-hybridized carbons (Fsp3) is 0.800. The number of hydrogen-bond acceptors (Lipinski definition) is 5. The van der Waals surface area contributed by atoms with Gasteiger partial charge in [0.15, 0.2) is 0 Å². The van der Waals surface area contributed by atoms with E-state index in [1.807, 2.05) is 4.90 Å². The van der Waals surface area contributed by atoms with Crippen molar-refractivity contribution in [3.8, 4) is 0 Å². The van der Waals surface area contributed by atoms with Gasteiger partial charge in [-0.25, -0.2) is 4.79 Å². The van der Waals surface area contributed by atoms with Crippen LogP contribution in [0.1, 0.15) is 0 Å². The highest BCUT2D eigenvalue weighted by molar-refractivity contribution is 5.94. The van der Waals surface area contributed by atoms with Crippen LogP contribution in [0, 0.1) is 0 Å². The molecule has 2 heterocycles. The second-order valence-electron chi connectivity index (χ2n) is 4.55. The molecule has 0 spiro atoms. The Labute approximate surface area is 100 Å². The van der Waals surface area contributed by atoms with Crippen LogP contribution in [0.3, 0.4) is 0 Å². The Kier molecular flexibility index (Phi) is 3.93. The summed E-state index contributed by atoms with van der Waals surface area (Å²) in [5, 5.41) is 5.38.